The fraction of sp³-hybridized carbons (Fsp3) is 0.353. The van der Waals surface area contributed by atoms with Crippen molar-refractivity contribution >= 4 is 23.4 Å². The average molecular weight is 316 g/mol. The van der Waals surface area contributed by atoms with E-state index in [1.54, 1.807) is 0 Å². The first-order chi connectivity index (χ1) is 11.1. The molecule has 120 valence electrons. The quantitative estimate of drug-likeness (QED) is 0.683. The molecule has 1 aliphatic carbocycles. The van der Waals surface area contributed by atoms with Crippen LogP contribution in [0.25, 0.3) is 0 Å². The van der Waals surface area contributed by atoms with E-state index in [0.717, 1.165) is 0 Å². The summed E-state index contributed by atoms with van der Waals surface area (Å²) in [5.74, 6) is -1.60. The highest BCUT2D eigenvalue weighted by molar-refractivity contribution is 6.05. The van der Waals surface area contributed by atoms with E-state index in [2.05, 4.69) is 5.32 Å². The van der Waals surface area contributed by atoms with Gasteiger partial charge in [0.2, 0.25) is 17.7 Å². The number of hydrogen-bond acceptors (Lipinski definition) is 3. The molecule has 0 spiro atoms. The SMILES string of the molecule is O=C(CCN1C(=O)[C@H]2CC=CC[C@H]2C1=O)Nc1ccc(F)cc1. The molecule has 2 aliphatic rings. The smallest absolute Gasteiger partial charge is 0.233 e. The third-order valence-electron chi connectivity index (χ3n) is 4.29. The summed E-state index contributed by atoms with van der Waals surface area (Å²) >= 11 is 0. The summed E-state index contributed by atoms with van der Waals surface area (Å²) in [6, 6.07) is 5.42. The molecule has 3 amide bonds. The van der Waals surface area contributed by atoms with E-state index in [1.165, 1.54) is 29.2 Å². The average Bonchev–Trinajstić information content (AvgIpc) is 2.80. The number of hydrogen-bond donors (Lipinski definition) is 1. The maximum atomic E-state index is 12.8. The van der Waals surface area contributed by atoms with Crippen molar-refractivity contribution in [1.29, 1.82) is 0 Å². The van der Waals surface area contributed by atoms with Crippen molar-refractivity contribution in [1.82, 2.24) is 4.90 Å². The second-order valence-electron chi connectivity index (χ2n) is 5.79. The lowest BCUT2D eigenvalue weighted by Crippen LogP contribution is -2.34. The van der Waals surface area contributed by atoms with Crippen molar-refractivity contribution in [2.45, 2.75) is 19.3 Å². The van der Waals surface area contributed by atoms with Crippen LogP contribution in [-0.2, 0) is 14.4 Å². The van der Waals surface area contributed by atoms with Crippen LogP contribution in [0.15, 0.2) is 36.4 Å². The molecule has 1 saturated heterocycles. The van der Waals surface area contributed by atoms with Crippen LogP contribution in [-0.4, -0.2) is 29.2 Å². The second-order valence-corrected chi connectivity index (χ2v) is 5.79. The normalized spacial score (nSPS) is 23.1. The molecule has 1 heterocycles. The third-order valence-corrected chi connectivity index (χ3v) is 4.29. The third kappa shape index (κ3) is 3.16. The van der Waals surface area contributed by atoms with Crippen LogP contribution in [0.2, 0.25) is 0 Å². The highest BCUT2D eigenvalue weighted by Crippen LogP contribution is 2.34. The Kier molecular flexibility index (Phi) is 4.23. The summed E-state index contributed by atoms with van der Waals surface area (Å²) < 4.78 is 12.8. The van der Waals surface area contributed by atoms with E-state index in [0.29, 0.717) is 18.5 Å². The van der Waals surface area contributed by atoms with Gasteiger partial charge in [0, 0.05) is 18.7 Å². The number of carbonyl (C=O) groups is 3. The molecule has 2 atom stereocenters. The van der Waals surface area contributed by atoms with Crippen LogP contribution >= 0.6 is 0 Å². The zero-order valence-corrected chi connectivity index (χ0v) is 12.5. The molecule has 0 bridgehead atoms. The standard InChI is InChI=1S/C17H17FN2O3/c18-11-5-7-12(8-6-11)19-15(21)9-10-20-16(22)13-3-1-2-4-14(13)17(20)23/h1-2,5-8,13-14H,3-4,9-10H2,(H,19,21)/t13-,14+. The minimum absolute atomic E-state index is 0.0295. The van der Waals surface area contributed by atoms with E-state index in [1.807, 2.05) is 12.2 Å². The summed E-state index contributed by atoms with van der Waals surface area (Å²) in [5.41, 5.74) is 0.480. The summed E-state index contributed by atoms with van der Waals surface area (Å²) in [7, 11) is 0. The summed E-state index contributed by atoms with van der Waals surface area (Å²) in [6.45, 7) is 0.0810. The lowest BCUT2D eigenvalue weighted by atomic mass is 9.85. The lowest BCUT2D eigenvalue weighted by molar-refractivity contribution is -0.140. The zero-order chi connectivity index (χ0) is 16.4. The van der Waals surface area contributed by atoms with Crippen molar-refractivity contribution in [2.24, 2.45) is 11.8 Å². The largest absolute Gasteiger partial charge is 0.326 e. The molecule has 0 aromatic heterocycles. The first kappa shape index (κ1) is 15.4. The van der Waals surface area contributed by atoms with Crippen LogP contribution in [0.1, 0.15) is 19.3 Å². The number of fused-ring (bicyclic) bond motifs is 1. The van der Waals surface area contributed by atoms with E-state index >= 15 is 0 Å². The Hall–Kier alpha value is -2.50. The number of anilines is 1. The van der Waals surface area contributed by atoms with E-state index in [9.17, 15) is 18.8 Å². The van der Waals surface area contributed by atoms with Gasteiger partial charge in [-0.25, -0.2) is 4.39 Å². The van der Waals surface area contributed by atoms with Crippen LogP contribution in [0.3, 0.4) is 0 Å². The minimum Gasteiger partial charge on any atom is -0.326 e. The van der Waals surface area contributed by atoms with Crippen LogP contribution in [0, 0.1) is 17.7 Å². The molecule has 1 aromatic rings. The van der Waals surface area contributed by atoms with Gasteiger partial charge in [0.15, 0.2) is 0 Å². The Balaban J connectivity index is 1.56. The highest BCUT2D eigenvalue weighted by Gasteiger charge is 2.46. The van der Waals surface area contributed by atoms with Crippen molar-refractivity contribution in [3.8, 4) is 0 Å². The Morgan fingerprint density at radius 3 is 2.22 bits per heavy atom. The molecule has 1 aromatic carbocycles. The highest BCUT2D eigenvalue weighted by atomic mass is 19.1. The van der Waals surface area contributed by atoms with Gasteiger partial charge in [-0.15, -0.1) is 0 Å². The Labute approximate surface area is 133 Å². The van der Waals surface area contributed by atoms with Gasteiger partial charge in [0.05, 0.1) is 11.8 Å². The van der Waals surface area contributed by atoms with Gasteiger partial charge >= 0.3 is 0 Å². The summed E-state index contributed by atoms with van der Waals surface area (Å²) in [4.78, 5) is 37.6. The first-order valence-electron chi connectivity index (χ1n) is 7.62. The molecule has 1 N–H and O–H groups in total. The van der Waals surface area contributed by atoms with Gasteiger partial charge in [-0.3, -0.25) is 19.3 Å². The second kappa shape index (κ2) is 6.32. The number of benzene rings is 1. The fourth-order valence-electron chi connectivity index (χ4n) is 3.06. The van der Waals surface area contributed by atoms with Crippen LogP contribution in [0.4, 0.5) is 10.1 Å². The fourth-order valence-corrected chi connectivity index (χ4v) is 3.06. The number of carbonyl (C=O) groups excluding carboxylic acids is 3. The minimum atomic E-state index is -0.382. The molecule has 5 nitrogen and oxygen atoms in total. The number of rotatable bonds is 4. The summed E-state index contributed by atoms with van der Waals surface area (Å²) in [6.07, 6.45) is 5.07. The van der Waals surface area contributed by atoms with Gasteiger partial charge in [0.25, 0.3) is 0 Å². The number of imide groups is 1. The molecule has 0 saturated carbocycles. The monoisotopic (exact) mass is 316 g/mol. The van der Waals surface area contributed by atoms with Crippen molar-refractivity contribution < 1.29 is 18.8 Å². The predicted octanol–water partition coefficient (Wildman–Crippen LogP) is 2.11. The number of halogens is 1. The number of allylic oxidation sites excluding steroid dienone is 2. The molecule has 6 heteroatoms. The first-order valence-corrected chi connectivity index (χ1v) is 7.62. The van der Waals surface area contributed by atoms with Gasteiger partial charge in [-0.1, -0.05) is 12.2 Å². The molecule has 1 fully saturated rings. The van der Waals surface area contributed by atoms with Gasteiger partial charge in [-0.05, 0) is 37.1 Å². The van der Waals surface area contributed by atoms with Crippen molar-refractivity contribution in [2.75, 3.05) is 11.9 Å². The lowest BCUT2D eigenvalue weighted by Gasteiger charge is -2.14. The predicted molar refractivity (Wildman–Crippen MR) is 81.7 cm³/mol. The molecule has 23 heavy (non-hydrogen) atoms. The molecule has 0 radical (unpaired) electrons. The van der Waals surface area contributed by atoms with Gasteiger partial charge in [-0.2, -0.15) is 0 Å². The number of amides is 3. The van der Waals surface area contributed by atoms with E-state index in [4.69, 9.17) is 0 Å². The van der Waals surface area contributed by atoms with Gasteiger partial charge < -0.3 is 5.32 Å². The van der Waals surface area contributed by atoms with Gasteiger partial charge in [0.1, 0.15) is 5.82 Å². The number of nitrogens with zero attached hydrogens (tertiary/aromatic N) is 1. The van der Waals surface area contributed by atoms with Crippen molar-refractivity contribution in [3.05, 3.63) is 42.2 Å². The van der Waals surface area contributed by atoms with Crippen LogP contribution < -0.4 is 5.32 Å². The topological polar surface area (TPSA) is 66.5 Å². The number of likely N-dealkylation sites (tertiary alicyclic amines) is 1. The van der Waals surface area contributed by atoms with E-state index in [-0.39, 0.29) is 48.3 Å². The Morgan fingerprint density at radius 1 is 1.09 bits per heavy atom. The van der Waals surface area contributed by atoms with Crippen LogP contribution in [0.5, 0.6) is 0 Å². The summed E-state index contributed by atoms with van der Waals surface area (Å²) in [5, 5.41) is 2.62. The Bertz CT molecular complexity index is 643. The molecule has 1 aliphatic heterocycles. The van der Waals surface area contributed by atoms with E-state index < -0.39 is 0 Å². The maximum Gasteiger partial charge on any atom is 0.233 e. The number of nitrogens with one attached hydrogen (secondary N) is 1. The zero-order valence-electron chi connectivity index (χ0n) is 12.5. The molecule has 3 rings (SSSR count). The maximum absolute atomic E-state index is 12.8. The molecular formula is C17H17FN2O3. The molecular weight excluding hydrogens is 299 g/mol. The van der Waals surface area contributed by atoms with Crippen molar-refractivity contribution in [3.63, 3.8) is 0 Å². The molecule has 0 unspecified atom stereocenters. The Morgan fingerprint density at radius 2 is 1.65 bits per heavy atom.